The summed E-state index contributed by atoms with van der Waals surface area (Å²) < 4.78 is 38.6. The lowest BCUT2D eigenvalue weighted by Crippen LogP contribution is -2.49. The second kappa shape index (κ2) is 7.87. The van der Waals surface area contributed by atoms with Crippen LogP contribution in [0.1, 0.15) is 11.1 Å². The van der Waals surface area contributed by atoms with Gasteiger partial charge in [-0.1, -0.05) is 18.2 Å². The maximum atomic E-state index is 12.9. The van der Waals surface area contributed by atoms with E-state index in [9.17, 15) is 28.1 Å². The molecule has 0 aliphatic carbocycles. The summed E-state index contributed by atoms with van der Waals surface area (Å²) in [5.41, 5.74) is 0.258. The molecule has 0 atom stereocenters. The standard InChI is InChI=1S/C19H18F3N3O3/c20-19(21,22)15-4-2-5-16(13-15)23-7-9-24(10-8-23)18(26)12-14-3-1-6-17(11-14)25(27)28/h1-6,11,13H,7-10,12H2. The largest absolute Gasteiger partial charge is 0.416 e. The van der Waals surface area contributed by atoms with Crippen molar-refractivity contribution < 1.29 is 22.9 Å². The first-order chi connectivity index (χ1) is 13.2. The normalized spacial score (nSPS) is 14.8. The number of nitro benzene ring substituents is 1. The molecule has 3 rings (SSSR count). The molecule has 1 aliphatic rings. The monoisotopic (exact) mass is 393 g/mol. The number of carbonyl (C=O) groups is 1. The van der Waals surface area contributed by atoms with E-state index in [4.69, 9.17) is 0 Å². The fraction of sp³-hybridized carbons (Fsp3) is 0.316. The van der Waals surface area contributed by atoms with Crippen molar-refractivity contribution in [2.45, 2.75) is 12.6 Å². The lowest BCUT2D eigenvalue weighted by atomic mass is 10.1. The predicted molar refractivity (Wildman–Crippen MR) is 97.0 cm³/mol. The third-order valence-electron chi connectivity index (χ3n) is 4.65. The molecule has 0 saturated carbocycles. The molecule has 2 aromatic carbocycles. The molecule has 0 spiro atoms. The van der Waals surface area contributed by atoms with Crippen molar-refractivity contribution in [1.82, 2.24) is 4.90 Å². The molecule has 1 fully saturated rings. The van der Waals surface area contributed by atoms with Crippen LogP contribution < -0.4 is 4.90 Å². The summed E-state index contributed by atoms with van der Waals surface area (Å²) in [5.74, 6) is -0.163. The van der Waals surface area contributed by atoms with E-state index in [-0.39, 0.29) is 18.0 Å². The van der Waals surface area contributed by atoms with Crippen LogP contribution >= 0.6 is 0 Å². The Morgan fingerprint density at radius 2 is 1.71 bits per heavy atom. The smallest absolute Gasteiger partial charge is 0.368 e. The third-order valence-corrected chi connectivity index (χ3v) is 4.65. The number of carbonyl (C=O) groups excluding carboxylic acids is 1. The number of non-ortho nitro benzene ring substituents is 1. The number of hydrogen-bond donors (Lipinski definition) is 0. The van der Waals surface area contributed by atoms with Gasteiger partial charge in [-0.2, -0.15) is 13.2 Å². The Morgan fingerprint density at radius 1 is 1.04 bits per heavy atom. The highest BCUT2D eigenvalue weighted by Gasteiger charge is 2.31. The van der Waals surface area contributed by atoms with E-state index in [0.29, 0.717) is 37.4 Å². The van der Waals surface area contributed by atoms with Crippen molar-refractivity contribution in [1.29, 1.82) is 0 Å². The lowest BCUT2D eigenvalue weighted by Gasteiger charge is -2.36. The number of alkyl halides is 3. The van der Waals surface area contributed by atoms with Crippen molar-refractivity contribution in [3.8, 4) is 0 Å². The molecule has 148 valence electrons. The summed E-state index contributed by atoms with van der Waals surface area (Å²) in [5, 5.41) is 10.8. The minimum Gasteiger partial charge on any atom is -0.368 e. The highest BCUT2D eigenvalue weighted by molar-refractivity contribution is 5.79. The number of benzene rings is 2. The fourth-order valence-electron chi connectivity index (χ4n) is 3.16. The van der Waals surface area contributed by atoms with Gasteiger partial charge in [0.25, 0.3) is 5.69 Å². The van der Waals surface area contributed by atoms with Gasteiger partial charge in [0.15, 0.2) is 0 Å². The van der Waals surface area contributed by atoms with Gasteiger partial charge >= 0.3 is 6.18 Å². The Balaban J connectivity index is 1.60. The molecule has 0 unspecified atom stereocenters. The molecule has 0 N–H and O–H groups in total. The summed E-state index contributed by atoms with van der Waals surface area (Å²) in [7, 11) is 0. The van der Waals surface area contributed by atoms with Crippen LogP contribution in [0.5, 0.6) is 0 Å². The van der Waals surface area contributed by atoms with E-state index in [0.717, 1.165) is 12.1 Å². The van der Waals surface area contributed by atoms with Crippen LogP contribution in [0.3, 0.4) is 0 Å². The molecule has 28 heavy (non-hydrogen) atoms. The van der Waals surface area contributed by atoms with Gasteiger partial charge < -0.3 is 9.80 Å². The summed E-state index contributed by atoms with van der Waals surface area (Å²) in [6.45, 7) is 1.60. The Labute approximate surface area is 159 Å². The zero-order valence-electron chi connectivity index (χ0n) is 14.9. The summed E-state index contributed by atoms with van der Waals surface area (Å²) >= 11 is 0. The van der Waals surface area contributed by atoms with Gasteiger partial charge in [0.2, 0.25) is 5.91 Å². The molecule has 2 aromatic rings. The van der Waals surface area contributed by atoms with Gasteiger partial charge in [-0.3, -0.25) is 14.9 Å². The minimum atomic E-state index is -4.40. The lowest BCUT2D eigenvalue weighted by molar-refractivity contribution is -0.384. The first-order valence-electron chi connectivity index (χ1n) is 8.67. The molecule has 1 aliphatic heterocycles. The number of amides is 1. The number of piperazine rings is 1. The number of nitro groups is 1. The summed E-state index contributed by atoms with van der Waals surface area (Å²) in [6, 6.07) is 11.1. The fourth-order valence-corrected chi connectivity index (χ4v) is 3.16. The van der Waals surface area contributed by atoms with Crippen molar-refractivity contribution in [3.05, 3.63) is 69.8 Å². The number of anilines is 1. The van der Waals surface area contributed by atoms with E-state index in [2.05, 4.69) is 0 Å². The van der Waals surface area contributed by atoms with Crippen LogP contribution in [0.15, 0.2) is 48.5 Å². The van der Waals surface area contributed by atoms with Crippen molar-refractivity contribution in [3.63, 3.8) is 0 Å². The molecule has 1 amide bonds. The zero-order chi connectivity index (χ0) is 20.3. The van der Waals surface area contributed by atoms with Crippen molar-refractivity contribution >= 4 is 17.3 Å². The van der Waals surface area contributed by atoms with Gasteiger partial charge in [-0.25, -0.2) is 0 Å². The third kappa shape index (κ3) is 4.59. The van der Waals surface area contributed by atoms with E-state index in [1.54, 1.807) is 17.0 Å². The SMILES string of the molecule is O=C(Cc1cccc([N+](=O)[O-])c1)N1CCN(c2cccc(C(F)(F)F)c2)CC1. The Bertz CT molecular complexity index is 878. The molecule has 6 nitrogen and oxygen atoms in total. The molecule has 9 heteroatoms. The van der Waals surface area contributed by atoms with Crippen LogP contribution in [-0.2, 0) is 17.4 Å². The Hall–Kier alpha value is -3.10. The molecular formula is C19H18F3N3O3. The van der Waals surface area contributed by atoms with E-state index < -0.39 is 16.7 Å². The summed E-state index contributed by atoms with van der Waals surface area (Å²) in [4.78, 5) is 26.2. The van der Waals surface area contributed by atoms with E-state index >= 15 is 0 Å². The Morgan fingerprint density at radius 3 is 2.36 bits per heavy atom. The Kier molecular flexibility index (Phi) is 5.53. The van der Waals surface area contributed by atoms with Crippen LogP contribution in [0, 0.1) is 10.1 Å². The molecule has 1 saturated heterocycles. The van der Waals surface area contributed by atoms with Gasteiger partial charge in [0.05, 0.1) is 16.9 Å². The summed E-state index contributed by atoms with van der Waals surface area (Å²) in [6.07, 6.45) is -4.35. The minimum absolute atomic E-state index is 0.0469. The van der Waals surface area contributed by atoms with Gasteiger partial charge in [0, 0.05) is 44.0 Å². The van der Waals surface area contributed by atoms with Crippen LogP contribution in [0.2, 0.25) is 0 Å². The number of hydrogen-bond acceptors (Lipinski definition) is 4. The van der Waals surface area contributed by atoms with Gasteiger partial charge in [-0.05, 0) is 23.8 Å². The van der Waals surface area contributed by atoms with Crippen LogP contribution in [0.25, 0.3) is 0 Å². The maximum absolute atomic E-state index is 12.9. The number of rotatable bonds is 4. The molecular weight excluding hydrogens is 375 g/mol. The van der Waals surface area contributed by atoms with Gasteiger partial charge in [-0.15, -0.1) is 0 Å². The topological polar surface area (TPSA) is 66.7 Å². The van der Waals surface area contributed by atoms with Crippen molar-refractivity contribution in [2.75, 3.05) is 31.1 Å². The van der Waals surface area contributed by atoms with E-state index in [1.807, 2.05) is 4.90 Å². The average molecular weight is 393 g/mol. The molecule has 1 heterocycles. The number of nitrogens with zero attached hydrogens (tertiary/aromatic N) is 3. The average Bonchev–Trinajstić information content (AvgIpc) is 2.68. The van der Waals surface area contributed by atoms with Crippen LogP contribution in [-0.4, -0.2) is 41.9 Å². The molecule has 0 aromatic heterocycles. The van der Waals surface area contributed by atoms with E-state index in [1.165, 1.54) is 24.3 Å². The predicted octanol–water partition coefficient (Wildman–Crippen LogP) is 3.50. The second-order valence-electron chi connectivity index (χ2n) is 6.52. The molecule has 0 bridgehead atoms. The second-order valence-corrected chi connectivity index (χ2v) is 6.52. The van der Waals surface area contributed by atoms with Crippen molar-refractivity contribution in [2.24, 2.45) is 0 Å². The number of halogens is 3. The van der Waals surface area contributed by atoms with Crippen LogP contribution in [0.4, 0.5) is 24.5 Å². The highest BCUT2D eigenvalue weighted by Crippen LogP contribution is 2.31. The first kappa shape index (κ1) is 19.7. The maximum Gasteiger partial charge on any atom is 0.416 e. The quantitative estimate of drug-likeness (QED) is 0.589. The molecule has 0 radical (unpaired) electrons. The zero-order valence-corrected chi connectivity index (χ0v) is 14.9. The highest BCUT2D eigenvalue weighted by atomic mass is 19.4. The van der Waals surface area contributed by atoms with Gasteiger partial charge in [0.1, 0.15) is 0 Å². The first-order valence-corrected chi connectivity index (χ1v) is 8.67.